The highest BCUT2D eigenvalue weighted by atomic mass is 32.2. The lowest BCUT2D eigenvalue weighted by molar-refractivity contribution is -0.134. The molecule has 2 saturated heterocycles. The Hall–Kier alpha value is -5.74. The SMILES string of the molecule is CCCc1cnc(SC)nc1NCC(=O)N1CCC[C@H]1c1ncc(-c2ccc(-c3ccc(-c4cnc([C@@H]5CCCN5C(=O)[C@@H](Nc5ccnc(SC)n5)C(C)C)[nH]4)cc3)cc2)[nH]1. The van der Waals surface area contributed by atoms with Gasteiger partial charge in [0.1, 0.15) is 29.3 Å². The minimum absolute atomic E-state index is 0.0292. The molecule has 4 aromatic heterocycles. The van der Waals surface area contributed by atoms with Crippen LogP contribution in [0.4, 0.5) is 11.6 Å². The van der Waals surface area contributed by atoms with Crippen LogP contribution in [0.25, 0.3) is 33.6 Å². The lowest BCUT2D eigenvalue weighted by Crippen LogP contribution is -2.45. The van der Waals surface area contributed by atoms with Gasteiger partial charge >= 0.3 is 0 Å². The van der Waals surface area contributed by atoms with E-state index in [-0.39, 0.29) is 36.4 Å². The Labute approximate surface area is 371 Å². The van der Waals surface area contributed by atoms with Crippen molar-refractivity contribution in [1.82, 2.24) is 49.7 Å². The zero-order valence-electron chi connectivity index (χ0n) is 35.9. The first-order valence-corrected chi connectivity index (χ1v) is 23.9. The average Bonchev–Trinajstić information content (AvgIpc) is 4.15. The smallest absolute Gasteiger partial charge is 0.245 e. The Morgan fingerprint density at radius 2 is 1.31 bits per heavy atom. The summed E-state index contributed by atoms with van der Waals surface area (Å²) in [6, 6.07) is 18.0. The molecule has 322 valence electrons. The van der Waals surface area contributed by atoms with Crippen LogP contribution in [0.15, 0.2) is 89.7 Å². The number of carbonyl (C=O) groups is 2. The summed E-state index contributed by atoms with van der Waals surface area (Å²) < 4.78 is 0. The monoisotopic (exact) mass is 870 g/mol. The van der Waals surface area contributed by atoms with Crippen LogP contribution in [0.2, 0.25) is 0 Å². The van der Waals surface area contributed by atoms with Gasteiger partial charge in [-0.25, -0.2) is 29.9 Å². The third-order valence-electron chi connectivity index (χ3n) is 11.7. The minimum atomic E-state index is -0.425. The standard InChI is InChI=1S/C46H54N12O2S2/c1-6-9-33-24-51-46(62-5)56-41(33)50-27-39(59)57-22-7-10-36(57)42-48-25-34(52-42)31-16-12-29(13-17-31)30-14-18-32(19-15-30)35-26-49-43(53-35)37-11-8-23-58(37)44(60)40(28(2)3)54-38-20-21-47-45(55-38)61-4/h12-21,24-26,28,36-37,40H,6-11,22-23,27H2,1-5H3,(H,48,52)(H,49,53)(H,47,54,55)(H,50,51,56)/t36-,37-,40-/m0/s1. The molecule has 0 saturated carbocycles. The molecule has 6 aromatic rings. The molecule has 0 bridgehead atoms. The van der Waals surface area contributed by atoms with Gasteiger partial charge in [-0.05, 0) is 78.9 Å². The second kappa shape index (κ2) is 19.5. The molecule has 0 spiro atoms. The number of amides is 2. The molecule has 0 radical (unpaired) electrons. The molecule has 0 aliphatic carbocycles. The molecule has 2 aliphatic rings. The number of nitrogens with zero attached hydrogens (tertiary/aromatic N) is 8. The van der Waals surface area contributed by atoms with Crippen LogP contribution in [0.1, 0.15) is 82.2 Å². The van der Waals surface area contributed by atoms with Gasteiger partial charge in [0, 0.05) is 31.0 Å². The molecule has 2 aromatic carbocycles. The number of aromatic nitrogens is 8. The Morgan fingerprint density at radius 1 is 0.742 bits per heavy atom. The zero-order valence-corrected chi connectivity index (χ0v) is 37.5. The molecule has 62 heavy (non-hydrogen) atoms. The Kier molecular flexibility index (Phi) is 13.5. The van der Waals surface area contributed by atoms with Crippen LogP contribution in [-0.4, -0.2) is 99.7 Å². The number of thioether (sulfide) groups is 2. The van der Waals surface area contributed by atoms with E-state index in [2.05, 4.69) is 110 Å². The van der Waals surface area contributed by atoms with Crippen molar-refractivity contribution in [2.75, 3.05) is 42.8 Å². The predicted molar refractivity (Wildman–Crippen MR) is 247 cm³/mol. The van der Waals surface area contributed by atoms with Crippen molar-refractivity contribution < 1.29 is 9.59 Å². The van der Waals surface area contributed by atoms with Gasteiger partial charge in [-0.1, -0.05) is 99.2 Å². The van der Waals surface area contributed by atoms with Crippen LogP contribution in [0, 0.1) is 5.92 Å². The van der Waals surface area contributed by atoms with E-state index >= 15 is 0 Å². The van der Waals surface area contributed by atoms with Crippen LogP contribution in [0.3, 0.4) is 0 Å². The van der Waals surface area contributed by atoms with E-state index in [1.54, 1.807) is 6.20 Å². The highest BCUT2D eigenvalue weighted by molar-refractivity contribution is 7.98. The summed E-state index contributed by atoms with van der Waals surface area (Å²) in [5, 5.41) is 8.04. The van der Waals surface area contributed by atoms with E-state index in [1.165, 1.54) is 23.5 Å². The van der Waals surface area contributed by atoms with Crippen LogP contribution < -0.4 is 10.6 Å². The van der Waals surface area contributed by atoms with Gasteiger partial charge < -0.3 is 30.4 Å². The Morgan fingerprint density at radius 3 is 1.89 bits per heavy atom. The first-order valence-electron chi connectivity index (χ1n) is 21.4. The van der Waals surface area contributed by atoms with Crippen LogP contribution in [0.5, 0.6) is 0 Å². The maximum Gasteiger partial charge on any atom is 0.245 e. The van der Waals surface area contributed by atoms with E-state index in [0.717, 1.165) is 95.2 Å². The fourth-order valence-corrected chi connectivity index (χ4v) is 9.08. The van der Waals surface area contributed by atoms with Gasteiger partial charge in [-0.2, -0.15) is 0 Å². The summed E-state index contributed by atoms with van der Waals surface area (Å²) in [6.45, 7) is 7.78. The summed E-state index contributed by atoms with van der Waals surface area (Å²) in [6.07, 6.45) is 16.6. The maximum absolute atomic E-state index is 14.0. The first kappa shape index (κ1) is 42.9. The second-order valence-electron chi connectivity index (χ2n) is 16.1. The molecule has 16 heteroatoms. The first-order chi connectivity index (χ1) is 30.2. The van der Waals surface area contributed by atoms with E-state index in [1.807, 2.05) is 47.0 Å². The summed E-state index contributed by atoms with van der Waals surface area (Å²) in [7, 11) is 0. The largest absolute Gasteiger partial charge is 0.361 e. The number of H-pyrrole nitrogens is 2. The highest BCUT2D eigenvalue weighted by Gasteiger charge is 2.37. The Balaban J connectivity index is 0.889. The van der Waals surface area contributed by atoms with Gasteiger partial charge in [0.2, 0.25) is 11.8 Å². The van der Waals surface area contributed by atoms with E-state index < -0.39 is 6.04 Å². The van der Waals surface area contributed by atoms with Crippen molar-refractivity contribution >= 4 is 47.0 Å². The van der Waals surface area contributed by atoms with Crippen molar-refractivity contribution in [2.24, 2.45) is 5.92 Å². The molecular weight excluding hydrogens is 817 g/mol. The van der Waals surface area contributed by atoms with Gasteiger partial charge in [-0.3, -0.25) is 9.59 Å². The molecule has 4 N–H and O–H groups in total. The van der Waals surface area contributed by atoms with Gasteiger partial charge in [0.15, 0.2) is 10.3 Å². The Bertz CT molecular complexity index is 2470. The number of imidazole rings is 2. The van der Waals surface area contributed by atoms with Crippen molar-refractivity contribution in [3.8, 4) is 33.6 Å². The molecule has 2 amide bonds. The average molecular weight is 871 g/mol. The molecule has 3 atom stereocenters. The third-order valence-corrected chi connectivity index (χ3v) is 12.8. The zero-order chi connectivity index (χ0) is 43.2. The number of aromatic amines is 2. The lowest BCUT2D eigenvalue weighted by Gasteiger charge is -2.30. The maximum atomic E-state index is 14.0. The summed E-state index contributed by atoms with van der Waals surface area (Å²) in [4.78, 5) is 65.9. The molecule has 2 aliphatic heterocycles. The van der Waals surface area contributed by atoms with Crippen molar-refractivity contribution in [2.45, 2.75) is 87.7 Å². The van der Waals surface area contributed by atoms with Gasteiger partial charge in [-0.15, -0.1) is 0 Å². The number of aryl methyl sites for hydroxylation is 1. The van der Waals surface area contributed by atoms with Crippen molar-refractivity contribution in [3.05, 3.63) is 96.6 Å². The summed E-state index contributed by atoms with van der Waals surface area (Å²) in [5.74, 6) is 3.13. The summed E-state index contributed by atoms with van der Waals surface area (Å²) in [5.41, 5.74) is 7.10. The molecule has 6 heterocycles. The second-order valence-corrected chi connectivity index (χ2v) is 17.6. The van der Waals surface area contributed by atoms with E-state index in [9.17, 15) is 9.59 Å². The van der Waals surface area contributed by atoms with Gasteiger partial charge in [0.05, 0.1) is 42.4 Å². The minimum Gasteiger partial charge on any atom is -0.361 e. The highest BCUT2D eigenvalue weighted by Crippen LogP contribution is 2.35. The molecular formula is C46H54N12O2S2. The fourth-order valence-electron chi connectivity index (χ4n) is 8.38. The number of benzene rings is 2. The van der Waals surface area contributed by atoms with Gasteiger partial charge in [0.25, 0.3) is 0 Å². The van der Waals surface area contributed by atoms with E-state index in [4.69, 9.17) is 9.97 Å². The quantitative estimate of drug-likeness (QED) is 0.0539. The number of likely N-dealkylation sites (tertiary alicyclic amines) is 2. The molecule has 8 rings (SSSR count). The number of nitrogens with one attached hydrogen (secondary N) is 4. The number of carbonyl (C=O) groups excluding carboxylic acids is 2. The third kappa shape index (κ3) is 9.50. The normalized spacial score (nSPS) is 16.9. The van der Waals surface area contributed by atoms with Crippen molar-refractivity contribution in [1.29, 1.82) is 0 Å². The molecule has 14 nitrogen and oxygen atoms in total. The topological polar surface area (TPSA) is 174 Å². The molecule has 0 unspecified atom stereocenters. The number of rotatable bonds is 16. The van der Waals surface area contributed by atoms with Crippen LogP contribution >= 0.6 is 23.5 Å². The number of hydrogen-bond donors (Lipinski definition) is 4. The molecule has 2 fully saturated rings. The summed E-state index contributed by atoms with van der Waals surface area (Å²) >= 11 is 2.96. The fraction of sp³-hybridized carbons (Fsp3) is 0.391. The predicted octanol–water partition coefficient (Wildman–Crippen LogP) is 8.69. The number of anilines is 2. The van der Waals surface area contributed by atoms with Crippen molar-refractivity contribution in [3.63, 3.8) is 0 Å². The lowest BCUT2D eigenvalue weighted by atomic mass is 10.0. The van der Waals surface area contributed by atoms with Crippen LogP contribution in [-0.2, 0) is 16.0 Å². The number of hydrogen-bond acceptors (Lipinski definition) is 12. The van der Waals surface area contributed by atoms with E-state index in [0.29, 0.717) is 29.2 Å².